The predicted octanol–water partition coefficient (Wildman–Crippen LogP) is 2.45. The van der Waals surface area contributed by atoms with Crippen molar-refractivity contribution >= 4 is 11.4 Å². The summed E-state index contributed by atoms with van der Waals surface area (Å²) in [5.41, 5.74) is -0.995. The Balaban J connectivity index is 3.09. The standard InChI is InChI=1S/C11H14F2N2O3/c1-2-8(3-4-16)14-10-6-7(12)5-9(13)11(10)15(17)18/h5-6,8,14,16H,2-4H2,1H3. The second-order valence-electron chi connectivity index (χ2n) is 3.80. The van der Waals surface area contributed by atoms with Gasteiger partial charge in [-0.1, -0.05) is 6.92 Å². The molecule has 0 aliphatic carbocycles. The van der Waals surface area contributed by atoms with Crippen molar-refractivity contribution in [3.63, 3.8) is 0 Å². The first-order chi connectivity index (χ1) is 8.49. The van der Waals surface area contributed by atoms with Gasteiger partial charge in [-0.2, -0.15) is 4.39 Å². The van der Waals surface area contributed by atoms with Gasteiger partial charge in [0.1, 0.15) is 11.5 Å². The Hall–Kier alpha value is -1.76. The van der Waals surface area contributed by atoms with Gasteiger partial charge in [-0.3, -0.25) is 10.1 Å². The molecular weight excluding hydrogens is 246 g/mol. The van der Waals surface area contributed by atoms with Crippen LogP contribution in [-0.4, -0.2) is 22.7 Å². The fourth-order valence-corrected chi connectivity index (χ4v) is 1.62. The highest BCUT2D eigenvalue weighted by Gasteiger charge is 2.23. The van der Waals surface area contributed by atoms with Crippen LogP contribution >= 0.6 is 0 Å². The third kappa shape index (κ3) is 3.36. The second-order valence-corrected chi connectivity index (χ2v) is 3.80. The topological polar surface area (TPSA) is 75.4 Å². The first-order valence-electron chi connectivity index (χ1n) is 5.50. The van der Waals surface area contributed by atoms with Crippen molar-refractivity contribution in [1.82, 2.24) is 0 Å². The molecular formula is C11H14F2N2O3. The SMILES string of the molecule is CCC(CCO)Nc1cc(F)cc(F)c1[N+](=O)[O-]. The van der Waals surface area contributed by atoms with Crippen molar-refractivity contribution in [1.29, 1.82) is 0 Å². The first-order valence-corrected chi connectivity index (χ1v) is 5.50. The fraction of sp³-hybridized carbons (Fsp3) is 0.455. The largest absolute Gasteiger partial charge is 0.396 e. The number of nitro groups is 1. The molecule has 0 radical (unpaired) electrons. The maximum atomic E-state index is 13.3. The number of halogens is 2. The Morgan fingerprint density at radius 1 is 1.50 bits per heavy atom. The highest BCUT2D eigenvalue weighted by molar-refractivity contribution is 5.62. The Bertz CT molecular complexity index is 441. The van der Waals surface area contributed by atoms with Crippen molar-refractivity contribution in [2.75, 3.05) is 11.9 Å². The van der Waals surface area contributed by atoms with Crippen molar-refractivity contribution < 1.29 is 18.8 Å². The number of anilines is 1. The lowest BCUT2D eigenvalue weighted by Gasteiger charge is -2.17. The third-order valence-corrected chi connectivity index (χ3v) is 2.54. The molecule has 0 amide bonds. The van der Waals surface area contributed by atoms with E-state index in [0.29, 0.717) is 18.9 Å². The van der Waals surface area contributed by atoms with Crippen LogP contribution in [0.25, 0.3) is 0 Å². The van der Waals surface area contributed by atoms with Gasteiger partial charge in [0.2, 0.25) is 5.82 Å². The van der Waals surface area contributed by atoms with E-state index in [0.717, 1.165) is 6.07 Å². The monoisotopic (exact) mass is 260 g/mol. The van der Waals surface area contributed by atoms with Crippen LogP contribution in [0.1, 0.15) is 19.8 Å². The minimum absolute atomic E-state index is 0.114. The van der Waals surface area contributed by atoms with Gasteiger partial charge < -0.3 is 10.4 Å². The third-order valence-electron chi connectivity index (χ3n) is 2.54. The van der Waals surface area contributed by atoms with Crippen LogP contribution < -0.4 is 5.32 Å². The van der Waals surface area contributed by atoms with Crippen LogP contribution in [0.3, 0.4) is 0 Å². The normalized spacial score (nSPS) is 12.2. The molecule has 7 heteroatoms. The lowest BCUT2D eigenvalue weighted by atomic mass is 10.1. The molecule has 1 unspecified atom stereocenters. The number of aliphatic hydroxyl groups is 1. The number of hydrogen-bond donors (Lipinski definition) is 2. The molecule has 0 bridgehead atoms. The number of hydrogen-bond acceptors (Lipinski definition) is 4. The smallest absolute Gasteiger partial charge is 0.327 e. The molecule has 100 valence electrons. The first kappa shape index (κ1) is 14.3. The highest BCUT2D eigenvalue weighted by atomic mass is 19.1. The van der Waals surface area contributed by atoms with Gasteiger partial charge in [-0.25, -0.2) is 4.39 Å². The molecule has 18 heavy (non-hydrogen) atoms. The summed E-state index contributed by atoms with van der Waals surface area (Å²) in [5, 5.41) is 22.2. The molecule has 0 saturated heterocycles. The van der Waals surface area contributed by atoms with Crippen molar-refractivity contribution in [3.05, 3.63) is 33.9 Å². The van der Waals surface area contributed by atoms with Crippen molar-refractivity contribution in [3.8, 4) is 0 Å². The van der Waals surface area contributed by atoms with E-state index in [9.17, 15) is 18.9 Å². The van der Waals surface area contributed by atoms with Gasteiger partial charge >= 0.3 is 5.69 Å². The highest BCUT2D eigenvalue weighted by Crippen LogP contribution is 2.29. The second kappa shape index (κ2) is 6.25. The van der Waals surface area contributed by atoms with Crippen LogP contribution in [0.2, 0.25) is 0 Å². The summed E-state index contributed by atoms with van der Waals surface area (Å²) in [6, 6.07) is 1.06. The predicted molar refractivity (Wildman–Crippen MR) is 62.4 cm³/mol. The zero-order valence-electron chi connectivity index (χ0n) is 9.82. The maximum absolute atomic E-state index is 13.3. The minimum Gasteiger partial charge on any atom is -0.396 e. The lowest BCUT2D eigenvalue weighted by Crippen LogP contribution is -2.20. The van der Waals surface area contributed by atoms with E-state index in [1.54, 1.807) is 6.92 Å². The van der Waals surface area contributed by atoms with Gasteiger partial charge in [0, 0.05) is 24.8 Å². The van der Waals surface area contributed by atoms with E-state index in [4.69, 9.17) is 5.11 Å². The molecule has 0 saturated carbocycles. The Morgan fingerprint density at radius 2 is 2.17 bits per heavy atom. The Kier molecular flexibility index (Phi) is 4.96. The average Bonchev–Trinajstić information content (AvgIpc) is 2.26. The van der Waals surface area contributed by atoms with E-state index in [-0.39, 0.29) is 18.3 Å². The number of aliphatic hydroxyl groups excluding tert-OH is 1. The van der Waals surface area contributed by atoms with Crippen molar-refractivity contribution in [2.45, 2.75) is 25.8 Å². The van der Waals surface area contributed by atoms with E-state index in [1.165, 1.54) is 0 Å². The average molecular weight is 260 g/mol. The Morgan fingerprint density at radius 3 is 2.67 bits per heavy atom. The summed E-state index contributed by atoms with van der Waals surface area (Å²) in [4.78, 5) is 9.84. The zero-order valence-corrected chi connectivity index (χ0v) is 9.82. The number of benzene rings is 1. The molecule has 1 aromatic carbocycles. The van der Waals surface area contributed by atoms with Gasteiger partial charge in [-0.15, -0.1) is 0 Å². The van der Waals surface area contributed by atoms with Crippen LogP contribution in [0.5, 0.6) is 0 Å². The van der Waals surface area contributed by atoms with E-state index in [2.05, 4.69) is 5.32 Å². The molecule has 0 aromatic heterocycles. The Labute approximate surface area is 103 Å². The zero-order chi connectivity index (χ0) is 13.7. The summed E-state index contributed by atoms with van der Waals surface area (Å²) in [6.07, 6.45) is 0.904. The van der Waals surface area contributed by atoms with E-state index in [1.807, 2.05) is 0 Å². The minimum atomic E-state index is -1.22. The van der Waals surface area contributed by atoms with Crippen molar-refractivity contribution in [2.24, 2.45) is 0 Å². The molecule has 0 fully saturated rings. The quantitative estimate of drug-likeness (QED) is 0.608. The van der Waals surface area contributed by atoms with E-state index >= 15 is 0 Å². The number of rotatable bonds is 6. The van der Waals surface area contributed by atoms with Crippen LogP contribution in [-0.2, 0) is 0 Å². The molecule has 1 atom stereocenters. The maximum Gasteiger partial charge on any atom is 0.327 e. The molecule has 0 aliphatic heterocycles. The summed E-state index contributed by atoms with van der Waals surface area (Å²) < 4.78 is 26.4. The van der Waals surface area contributed by atoms with E-state index < -0.39 is 22.2 Å². The molecule has 0 heterocycles. The van der Waals surface area contributed by atoms with Gasteiger partial charge in [-0.05, 0) is 12.8 Å². The fourth-order valence-electron chi connectivity index (χ4n) is 1.62. The van der Waals surface area contributed by atoms with Gasteiger partial charge in [0.05, 0.1) is 4.92 Å². The molecule has 2 N–H and O–H groups in total. The summed E-state index contributed by atoms with van der Waals surface area (Å²) in [7, 11) is 0. The van der Waals surface area contributed by atoms with Crippen LogP contribution in [0.4, 0.5) is 20.2 Å². The van der Waals surface area contributed by atoms with Crippen LogP contribution in [0, 0.1) is 21.7 Å². The molecule has 0 spiro atoms. The number of nitro benzene ring substituents is 1. The molecule has 0 aliphatic rings. The summed E-state index contributed by atoms with van der Waals surface area (Å²) >= 11 is 0. The lowest BCUT2D eigenvalue weighted by molar-refractivity contribution is -0.386. The van der Waals surface area contributed by atoms with Gasteiger partial charge in [0.25, 0.3) is 0 Å². The number of nitrogens with zero attached hydrogens (tertiary/aromatic N) is 1. The number of nitrogens with one attached hydrogen (secondary N) is 1. The van der Waals surface area contributed by atoms with Gasteiger partial charge in [0.15, 0.2) is 0 Å². The van der Waals surface area contributed by atoms with Crippen LogP contribution in [0.15, 0.2) is 12.1 Å². The summed E-state index contributed by atoms with van der Waals surface area (Å²) in [6.45, 7) is 1.69. The molecule has 1 aromatic rings. The summed E-state index contributed by atoms with van der Waals surface area (Å²) in [5.74, 6) is -2.11. The molecule has 5 nitrogen and oxygen atoms in total. The molecule has 1 rings (SSSR count).